The normalized spacial score (nSPS) is 13.8. The maximum atomic E-state index is 10.6. The number of nitrogens with zero attached hydrogens (tertiary/aromatic N) is 3. The number of anilines is 1. The summed E-state index contributed by atoms with van der Waals surface area (Å²) in [4.78, 5) is 12.5. The van der Waals surface area contributed by atoms with Crippen LogP contribution in [0.15, 0.2) is 55.0 Å². The fourth-order valence-corrected chi connectivity index (χ4v) is 2.19. The lowest BCUT2D eigenvalue weighted by Gasteiger charge is -2.24. The number of fused-ring (bicyclic) bond motifs is 1. The third kappa shape index (κ3) is 2.83. The van der Waals surface area contributed by atoms with Gasteiger partial charge in [-0.2, -0.15) is 0 Å². The maximum Gasteiger partial charge on any atom is 0.164 e. The number of pyridine rings is 1. The Hall–Kier alpha value is -2.53. The first-order valence-electron chi connectivity index (χ1n) is 6.74. The van der Waals surface area contributed by atoms with Crippen LogP contribution in [0.1, 0.15) is 12.5 Å². The topological polar surface area (TPSA) is 70.9 Å². The van der Waals surface area contributed by atoms with Crippen molar-refractivity contribution < 1.29 is 5.11 Å². The smallest absolute Gasteiger partial charge is 0.164 e. The maximum absolute atomic E-state index is 10.6. The van der Waals surface area contributed by atoms with E-state index in [4.69, 9.17) is 0 Å². The van der Waals surface area contributed by atoms with Crippen molar-refractivity contribution in [3.05, 3.63) is 60.6 Å². The highest BCUT2D eigenvalue weighted by atomic mass is 16.3. The molecule has 0 fully saturated rings. The van der Waals surface area contributed by atoms with Gasteiger partial charge in [-0.3, -0.25) is 0 Å². The highest BCUT2D eigenvalue weighted by molar-refractivity contribution is 5.85. The first-order valence-corrected chi connectivity index (χ1v) is 6.74. The van der Waals surface area contributed by atoms with Crippen LogP contribution in [-0.4, -0.2) is 26.6 Å². The Labute approximate surface area is 122 Å². The molecule has 0 aliphatic heterocycles. The van der Waals surface area contributed by atoms with E-state index in [1.54, 1.807) is 13.1 Å². The first kappa shape index (κ1) is 13.5. The molecule has 2 aromatic heterocycles. The van der Waals surface area contributed by atoms with Gasteiger partial charge >= 0.3 is 0 Å². The Balaban J connectivity index is 1.84. The molecule has 1 aromatic carbocycles. The lowest BCUT2D eigenvalue weighted by Crippen LogP contribution is -2.31. The van der Waals surface area contributed by atoms with Gasteiger partial charge in [-0.1, -0.05) is 30.3 Å². The van der Waals surface area contributed by atoms with Crippen LogP contribution in [0.4, 0.5) is 5.82 Å². The van der Waals surface area contributed by atoms with Crippen LogP contribution in [0.2, 0.25) is 0 Å². The Morgan fingerprint density at radius 2 is 1.86 bits per heavy atom. The lowest BCUT2D eigenvalue weighted by molar-refractivity contribution is 0.0715. The van der Waals surface area contributed by atoms with Gasteiger partial charge in [-0.05, 0) is 24.6 Å². The SMILES string of the molecule is CC(O)(CNc1ncnc2ncccc12)c1ccccc1. The molecule has 3 rings (SSSR count). The van der Waals surface area contributed by atoms with Crippen LogP contribution in [-0.2, 0) is 5.60 Å². The van der Waals surface area contributed by atoms with Crippen LogP contribution in [0, 0.1) is 0 Å². The molecule has 5 nitrogen and oxygen atoms in total. The fourth-order valence-electron chi connectivity index (χ4n) is 2.19. The minimum absolute atomic E-state index is 0.345. The molecule has 0 spiro atoms. The number of aromatic nitrogens is 3. The van der Waals surface area contributed by atoms with E-state index in [1.807, 2.05) is 42.5 Å². The average molecular weight is 280 g/mol. The van der Waals surface area contributed by atoms with Gasteiger partial charge in [-0.15, -0.1) is 0 Å². The van der Waals surface area contributed by atoms with Crippen molar-refractivity contribution in [3.63, 3.8) is 0 Å². The Morgan fingerprint density at radius 1 is 1.05 bits per heavy atom. The van der Waals surface area contributed by atoms with Gasteiger partial charge < -0.3 is 10.4 Å². The van der Waals surface area contributed by atoms with Crippen molar-refractivity contribution in [2.24, 2.45) is 0 Å². The molecule has 106 valence electrons. The van der Waals surface area contributed by atoms with E-state index in [0.717, 1.165) is 10.9 Å². The Kier molecular flexibility index (Phi) is 3.50. The summed E-state index contributed by atoms with van der Waals surface area (Å²) in [7, 11) is 0. The summed E-state index contributed by atoms with van der Waals surface area (Å²) in [5, 5.41) is 14.6. The van der Waals surface area contributed by atoms with Crippen molar-refractivity contribution in [3.8, 4) is 0 Å². The summed E-state index contributed by atoms with van der Waals surface area (Å²) < 4.78 is 0. The molecular weight excluding hydrogens is 264 g/mol. The zero-order valence-electron chi connectivity index (χ0n) is 11.7. The van der Waals surface area contributed by atoms with Gasteiger partial charge in [0.05, 0.1) is 5.39 Å². The van der Waals surface area contributed by atoms with E-state index in [0.29, 0.717) is 18.0 Å². The van der Waals surface area contributed by atoms with Crippen LogP contribution >= 0.6 is 0 Å². The van der Waals surface area contributed by atoms with Gasteiger partial charge in [0.1, 0.15) is 17.7 Å². The van der Waals surface area contributed by atoms with E-state index >= 15 is 0 Å². The first-order chi connectivity index (χ1) is 10.2. The minimum Gasteiger partial charge on any atom is -0.384 e. The van der Waals surface area contributed by atoms with Crippen molar-refractivity contribution in [2.75, 3.05) is 11.9 Å². The summed E-state index contributed by atoms with van der Waals surface area (Å²) in [6.07, 6.45) is 3.16. The van der Waals surface area contributed by atoms with Gasteiger partial charge in [0.25, 0.3) is 0 Å². The summed E-state index contributed by atoms with van der Waals surface area (Å²) in [5.41, 5.74) is 0.504. The van der Waals surface area contributed by atoms with E-state index in [2.05, 4.69) is 20.3 Å². The van der Waals surface area contributed by atoms with Crippen LogP contribution < -0.4 is 5.32 Å². The summed E-state index contributed by atoms with van der Waals surface area (Å²) >= 11 is 0. The van der Waals surface area contributed by atoms with E-state index in [-0.39, 0.29) is 0 Å². The molecule has 21 heavy (non-hydrogen) atoms. The number of hydrogen-bond donors (Lipinski definition) is 2. The predicted octanol–water partition coefficient (Wildman–Crippen LogP) is 2.34. The molecule has 2 N–H and O–H groups in total. The molecule has 0 aliphatic rings. The second kappa shape index (κ2) is 5.46. The van der Waals surface area contributed by atoms with Crippen molar-refractivity contribution in [2.45, 2.75) is 12.5 Å². The monoisotopic (exact) mass is 280 g/mol. The minimum atomic E-state index is -0.985. The number of hydrogen-bond acceptors (Lipinski definition) is 5. The molecule has 3 aromatic rings. The van der Waals surface area contributed by atoms with Gasteiger partial charge in [-0.25, -0.2) is 15.0 Å². The molecule has 0 saturated carbocycles. The van der Waals surface area contributed by atoms with Crippen molar-refractivity contribution in [1.29, 1.82) is 0 Å². The molecular formula is C16H16N4O. The second-order valence-corrected chi connectivity index (χ2v) is 5.09. The van der Waals surface area contributed by atoms with Gasteiger partial charge in [0.15, 0.2) is 5.65 Å². The molecule has 0 amide bonds. The number of rotatable bonds is 4. The van der Waals surface area contributed by atoms with E-state index in [9.17, 15) is 5.11 Å². The average Bonchev–Trinajstić information content (AvgIpc) is 2.54. The predicted molar refractivity (Wildman–Crippen MR) is 81.8 cm³/mol. The van der Waals surface area contributed by atoms with Crippen LogP contribution in [0.3, 0.4) is 0 Å². The number of benzene rings is 1. The number of aliphatic hydroxyl groups is 1. The summed E-state index contributed by atoms with van der Waals surface area (Å²) in [5.74, 6) is 0.671. The molecule has 0 radical (unpaired) electrons. The zero-order chi connectivity index (χ0) is 14.7. The lowest BCUT2D eigenvalue weighted by atomic mass is 9.96. The summed E-state index contributed by atoms with van der Waals surface area (Å²) in [6.45, 7) is 2.12. The molecule has 1 atom stereocenters. The quantitative estimate of drug-likeness (QED) is 0.767. The largest absolute Gasteiger partial charge is 0.384 e. The molecule has 1 unspecified atom stereocenters. The highest BCUT2D eigenvalue weighted by Gasteiger charge is 2.22. The van der Waals surface area contributed by atoms with E-state index < -0.39 is 5.60 Å². The second-order valence-electron chi connectivity index (χ2n) is 5.09. The third-order valence-electron chi connectivity index (χ3n) is 3.40. The standard InChI is InChI=1S/C16H16N4O/c1-16(21,12-6-3-2-4-7-12)10-18-15-13-8-5-9-17-14(13)19-11-20-15/h2-9,11,21H,10H2,1H3,(H,17,18,19,20). The summed E-state index contributed by atoms with van der Waals surface area (Å²) in [6, 6.07) is 13.3. The Bertz CT molecular complexity index is 738. The molecule has 2 heterocycles. The van der Waals surface area contributed by atoms with Crippen LogP contribution in [0.25, 0.3) is 11.0 Å². The molecule has 0 bridgehead atoms. The number of nitrogens with one attached hydrogen (secondary N) is 1. The fraction of sp³-hybridized carbons (Fsp3) is 0.188. The van der Waals surface area contributed by atoms with Crippen molar-refractivity contribution in [1.82, 2.24) is 15.0 Å². The van der Waals surface area contributed by atoms with Crippen molar-refractivity contribution >= 4 is 16.9 Å². The van der Waals surface area contributed by atoms with Crippen LogP contribution in [0.5, 0.6) is 0 Å². The highest BCUT2D eigenvalue weighted by Crippen LogP contribution is 2.22. The third-order valence-corrected chi connectivity index (χ3v) is 3.40. The molecule has 0 aliphatic carbocycles. The zero-order valence-corrected chi connectivity index (χ0v) is 11.7. The molecule has 0 saturated heterocycles. The molecule has 5 heteroatoms. The van der Waals surface area contributed by atoms with E-state index in [1.165, 1.54) is 6.33 Å². The van der Waals surface area contributed by atoms with Gasteiger partial charge in [0, 0.05) is 12.7 Å². The Morgan fingerprint density at radius 3 is 2.67 bits per heavy atom. The van der Waals surface area contributed by atoms with Gasteiger partial charge in [0.2, 0.25) is 0 Å².